The van der Waals surface area contributed by atoms with E-state index < -0.39 is 0 Å². The molecule has 2 aromatic carbocycles. The van der Waals surface area contributed by atoms with Gasteiger partial charge >= 0.3 is 0 Å². The maximum atomic E-state index is 13.1. The number of aromatic nitrogens is 3. The Morgan fingerprint density at radius 2 is 1.76 bits per heavy atom. The van der Waals surface area contributed by atoms with Crippen LogP contribution in [0.25, 0.3) is 16.7 Å². The number of carbonyl (C=O) groups excluding carboxylic acids is 1. The number of pyridine rings is 1. The Morgan fingerprint density at radius 1 is 1.07 bits per heavy atom. The standard InChI is InChI=1S/C24H22N4O/c1-16-22-20(24(29)25-15-17-8-4-2-5-9-17)14-21(18-12-13-18)26-23(22)28(27-16)19-10-6-3-7-11-19/h2-11,14,18H,12-13,15H2,1H3,(H,25,29). The van der Waals surface area contributed by atoms with E-state index in [0.29, 0.717) is 18.0 Å². The second kappa shape index (κ2) is 7.17. The lowest BCUT2D eigenvalue weighted by Crippen LogP contribution is -2.23. The zero-order valence-electron chi connectivity index (χ0n) is 16.3. The van der Waals surface area contributed by atoms with Gasteiger partial charge in [0, 0.05) is 18.2 Å². The Labute approximate surface area is 169 Å². The van der Waals surface area contributed by atoms with E-state index in [0.717, 1.165) is 46.5 Å². The van der Waals surface area contributed by atoms with Crippen LogP contribution in [0.2, 0.25) is 0 Å². The third-order valence-corrected chi connectivity index (χ3v) is 5.37. The number of carbonyl (C=O) groups is 1. The number of nitrogens with zero attached hydrogens (tertiary/aromatic N) is 3. The summed E-state index contributed by atoms with van der Waals surface area (Å²) in [5, 5.41) is 8.61. The third kappa shape index (κ3) is 3.40. The first kappa shape index (κ1) is 17.6. The first-order chi connectivity index (χ1) is 14.2. The summed E-state index contributed by atoms with van der Waals surface area (Å²) < 4.78 is 1.85. The van der Waals surface area contributed by atoms with Gasteiger partial charge in [-0.25, -0.2) is 9.67 Å². The van der Waals surface area contributed by atoms with Gasteiger partial charge in [0.2, 0.25) is 0 Å². The summed E-state index contributed by atoms with van der Waals surface area (Å²) in [5.41, 5.74) is 5.23. The fourth-order valence-corrected chi connectivity index (χ4v) is 3.70. The van der Waals surface area contributed by atoms with E-state index in [9.17, 15) is 4.79 Å². The topological polar surface area (TPSA) is 59.8 Å². The normalized spacial score (nSPS) is 13.6. The van der Waals surface area contributed by atoms with Crippen molar-refractivity contribution in [3.05, 3.63) is 89.2 Å². The molecule has 1 fully saturated rings. The van der Waals surface area contributed by atoms with Gasteiger partial charge in [0.05, 0.1) is 22.3 Å². The van der Waals surface area contributed by atoms with Crippen LogP contribution in [0.5, 0.6) is 0 Å². The maximum absolute atomic E-state index is 13.1. The van der Waals surface area contributed by atoms with Crippen molar-refractivity contribution in [1.29, 1.82) is 0 Å². The molecule has 1 saturated carbocycles. The number of rotatable bonds is 5. The van der Waals surface area contributed by atoms with Crippen LogP contribution in [0.4, 0.5) is 0 Å². The highest BCUT2D eigenvalue weighted by atomic mass is 16.1. The predicted octanol–water partition coefficient (Wildman–Crippen LogP) is 4.54. The molecule has 5 nitrogen and oxygen atoms in total. The minimum absolute atomic E-state index is 0.0844. The highest BCUT2D eigenvalue weighted by Crippen LogP contribution is 2.40. The Morgan fingerprint density at radius 3 is 2.45 bits per heavy atom. The fourth-order valence-electron chi connectivity index (χ4n) is 3.70. The van der Waals surface area contributed by atoms with Crippen LogP contribution >= 0.6 is 0 Å². The molecule has 0 saturated heterocycles. The summed E-state index contributed by atoms with van der Waals surface area (Å²) in [4.78, 5) is 18.1. The van der Waals surface area contributed by atoms with E-state index in [1.54, 1.807) is 0 Å². The van der Waals surface area contributed by atoms with Crippen LogP contribution in [-0.2, 0) is 6.54 Å². The molecular weight excluding hydrogens is 360 g/mol. The van der Waals surface area contributed by atoms with E-state index >= 15 is 0 Å². The van der Waals surface area contributed by atoms with Crippen molar-refractivity contribution in [2.45, 2.75) is 32.2 Å². The van der Waals surface area contributed by atoms with Gasteiger partial charge in [0.25, 0.3) is 5.91 Å². The number of benzene rings is 2. The predicted molar refractivity (Wildman–Crippen MR) is 113 cm³/mol. The molecule has 1 N–H and O–H groups in total. The monoisotopic (exact) mass is 382 g/mol. The van der Waals surface area contributed by atoms with E-state index in [2.05, 4.69) is 5.32 Å². The Kier molecular flexibility index (Phi) is 4.35. The molecule has 0 aliphatic heterocycles. The Balaban J connectivity index is 1.59. The fraction of sp³-hybridized carbons (Fsp3) is 0.208. The molecule has 2 aromatic heterocycles. The molecule has 144 valence electrons. The van der Waals surface area contributed by atoms with Gasteiger partial charge in [-0.3, -0.25) is 4.79 Å². The molecule has 0 radical (unpaired) electrons. The van der Waals surface area contributed by atoms with Crippen molar-refractivity contribution >= 4 is 16.9 Å². The molecule has 2 heterocycles. The Bertz CT molecular complexity index is 1180. The van der Waals surface area contributed by atoms with E-state index in [-0.39, 0.29) is 5.91 Å². The van der Waals surface area contributed by atoms with Crippen molar-refractivity contribution in [2.75, 3.05) is 0 Å². The van der Waals surface area contributed by atoms with Crippen molar-refractivity contribution in [3.8, 4) is 5.69 Å². The number of hydrogen-bond acceptors (Lipinski definition) is 3. The number of amides is 1. The van der Waals surface area contributed by atoms with Gasteiger partial charge in [-0.05, 0) is 43.5 Å². The maximum Gasteiger partial charge on any atom is 0.252 e. The molecular formula is C24H22N4O. The van der Waals surface area contributed by atoms with Crippen LogP contribution < -0.4 is 5.32 Å². The third-order valence-electron chi connectivity index (χ3n) is 5.37. The number of hydrogen-bond donors (Lipinski definition) is 1. The molecule has 4 aromatic rings. The second-order valence-corrected chi connectivity index (χ2v) is 7.57. The van der Waals surface area contributed by atoms with Crippen molar-refractivity contribution in [3.63, 3.8) is 0 Å². The molecule has 0 spiro atoms. The summed E-state index contributed by atoms with van der Waals surface area (Å²) in [7, 11) is 0. The molecule has 0 bridgehead atoms. The molecule has 5 heteroatoms. The number of fused-ring (bicyclic) bond motifs is 1. The van der Waals surface area contributed by atoms with Crippen molar-refractivity contribution in [2.24, 2.45) is 0 Å². The lowest BCUT2D eigenvalue weighted by molar-refractivity contribution is 0.0952. The van der Waals surface area contributed by atoms with Crippen molar-refractivity contribution in [1.82, 2.24) is 20.1 Å². The molecule has 29 heavy (non-hydrogen) atoms. The molecule has 0 atom stereocenters. The van der Waals surface area contributed by atoms with Gasteiger partial charge in [0.15, 0.2) is 5.65 Å². The summed E-state index contributed by atoms with van der Waals surface area (Å²) in [6.07, 6.45) is 2.25. The highest BCUT2D eigenvalue weighted by molar-refractivity contribution is 6.06. The van der Waals surface area contributed by atoms with Crippen LogP contribution in [-0.4, -0.2) is 20.7 Å². The van der Waals surface area contributed by atoms with Gasteiger partial charge < -0.3 is 5.32 Å². The number of para-hydroxylation sites is 1. The first-order valence-corrected chi connectivity index (χ1v) is 9.98. The average Bonchev–Trinajstić information content (AvgIpc) is 3.57. The smallest absolute Gasteiger partial charge is 0.252 e. The molecule has 1 amide bonds. The quantitative estimate of drug-likeness (QED) is 0.551. The van der Waals surface area contributed by atoms with Gasteiger partial charge in [-0.1, -0.05) is 48.5 Å². The second-order valence-electron chi connectivity index (χ2n) is 7.57. The molecule has 1 aliphatic carbocycles. The first-order valence-electron chi connectivity index (χ1n) is 9.98. The summed E-state index contributed by atoms with van der Waals surface area (Å²) in [6.45, 7) is 2.43. The lowest BCUT2D eigenvalue weighted by Gasteiger charge is -2.10. The summed E-state index contributed by atoms with van der Waals surface area (Å²) >= 11 is 0. The molecule has 0 unspecified atom stereocenters. The zero-order valence-corrected chi connectivity index (χ0v) is 16.3. The van der Waals surface area contributed by atoms with E-state index in [1.807, 2.05) is 78.3 Å². The number of nitrogens with one attached hydrogen (secondary N) is 1. The Hall–Kier alpha value is -3.47. The minimum atomic E-state index is -0.0844. The van der Waals surface area contributed by atoms with Gasteiger partial charge in [-0.15, -0.1) is 0 Å². The molecule has 5 rings (SSSR count). The highest BCUT2D eigenvalue weighted by Gasteiger charge is 2.29. The summed E-state index contributed by atoms with van der Waals surface area (Å²) in [6, 6.07) is 21.9. The van der Waals surface area contributed by atoms with Gasteiger partial charge in [-0.2, -0.15) is 5.10 Å². The van der Waals surface area contributed by atoms with Crippen LogP contribution in [0, 0.1) is 6.92 Å². The van der Waals surface area contributed by atoms with Crippen LogP contribution in [0.1, 0.15) is 46.1 Å². The van der Waals surface area contributed by atoms with Crippen LogP contribution in [0.15, 0.2) is 66.7 Å². The lowest BCUT2D eigenvalue weighted by atomic mass is 10.1. The largest absolute Gasteiger partial charge is 0.348 e. The summed E-state index contributed by atoms with van der Waals surface area (Å²) in [5.74, 6) is 0.360. The minimum Gasteiger partial charge on any atom is -0.348 e. The van der Waals surface area contributed by atoms with Crippen molar-refractivity contribution < 1.29 is 4.79 Å². The van der Waals surface area contributed by atoms with Gasteiger partial charge in [0.1, 0.15) is 0 Å². The van der Waals surface area contributed by atoms with E-state index in [1.165, 1.54) is 0 Å². The van der Waals surface area contributed by atoms with Crippen LogP contribution in [0.3, 0.4) is 0 Å². The zero-order chi connectivity index (χ0) is 19.8. The average molecular weight is 382 g/mol. The number of aryl methyl sites for hydroxylation is 1. The SMILES string of the molecule is Cc1nn(-c2ccccc2)c2nc(C3CC3)cc(C(=O)NCc3ccccc3)c12. The molecule has 1 aliphatic rings. The van der Waals surface area contributed by atoms with E-state index in [4.69, 9.17) is 10.1 Å².